The van der Waals surface area contributed by atoms with Gasteiger partial charge in [0.15, 0.2) is 0 Å². The van der Waals surface area contributed by atoms with Gasteiger partial charge in [-0.05, 0) is 17.5 Å². The Bertz CT molecular complexity index is 380. The van der Waals surface area contributed by atoms with E-state index in [1.807, 2.05) is 0 Å². The summed E-state index contributed by atoms with van der Waals surface area (Å²) in [5.74, 6) is 1.59. The normalized spacial score (nSPS) is 18.3. The highest BCUT2D eigenvalue weighted by molar-refractivity contribution is 5.45. The molecule has 1 N–H and O–H groups in total. The Morgan fingerprint density at radius 2 is 2.00 bits per heavy atom. The molecule has 0 aromatic heterocycles. The van der Waals surface area contributed by atoms with Gasteiger partial charge < -0.3 is 10.1 Å². The maximum absolute atomic E-state index is 5.47. The fourth-order valence-electron chi connectivity index (χ4n) is 2.25. The van der Waals surface area contributed by atoms with E-state index in [1.165, 1.54) is 11.1 Å². The van der Waals surface area contributed by atoms with Crippen molar-refractivity contribution < 1.29 is 4.74 Å². The minimum absolute atomic E-state index is 0.246. The Kier molecular flexibility index (Phi) is 2.94. The Labute approximate surface area is 98.0 Å². The van der Waals surface area contributed by atoms with Gasteiger partial charge in [-0.3, -0.25) is 0 Å². The van der Waals surface area contributed by atoms with E-state index in [0.29, 0.717) is 5.92 Å². The van der Waals surface area contributed by atoms with E-state index in [9.17, 15) is 0 Å². The van der Waals surface area contributed by atoms with Crippen LogP contribution >= 0.6 is 0 Å². The van der Waals surface area contributed by atoms with E-state index in [-0.39, 0.29) is 5.41 Å². The van der Waals surface area contributed by atoms with E-state index in [0.717, 1.165) is 18.8 Å². The molecule has 1 aromatic carbocycles. The number of hydrogen-bond donors (Lipinski definition) is 1. The molecule has 88 valence electrons. The van der Waals surface area contributed by atoms with E-state index in [1.54, 1.807) is 7.11 Å². The fourth-order valence-corrected chi connectivity index (χ4v) is 2.25. The monoisotopic (exact) mass is 219 g/mol. The van der Waals surface area contributed by atoms with Crippen molar-refractivity contribution in [3.05, 3.63) is 29.3 Å². The van der Waals surface area contributed by atoms with E-state index in [4.69, 9.17) is 4.74 Å². The van der Waals surface area contributed by atoms with Crippen LogP contribution < -0.4 is 10.1 Å². The van der Waals surface area contributed by atoms with Crippen molar-refractivity contribution in [3.8, 4) is 5.75 Å². The number of benzene rings is 1. The molecule has 0 saturated carbocycles. The van der Waals surface area contributed by atoms with E-state index >= 15 is 0 Å². The van der Waals surface area contributed by atoms with Crippen LogP contribution in [-0.4, -0.2) is 20.2 Å². The number of ether oxygens (including phenoxy) is 1. The molecule has 1 saturated heterocycles. The third kappa shape index (κ3) is 1.82. The van der Waals surface area contributed by atoms with Crippen LogP contribution in [0.25, 0.3) is 0 Å². The quantitative estimate of drug-likeness (QED) is 0.844. The lowest BCUT2D eigenvalue weighted by atomic mass is 9.76. The molecular weight excluding hydrogens is 198 g/mol. The van der Waals surface area contributed by atoms with Gasteiger partial charge in [0.25, 0.3) is 0 Å². The van der Waals surface area contributed by atoms with Crippen LogP contribution in [0.3, 0.4) is 0 Å². The third-order valence-corrected chi connectivity index (χ3v) is 3.57. The molecule has 1 heterocycles. The zero-order chi connectivity index (χ0) is 11.8. The van der Waals surface area contributed by atoms with Crippen LogP contribution in [0.15, 0.2) is 18.2 Å². The fraction of sp³-hybridized carbons (Fsp3) is 0.571. The molecule has 2 nitrogen and oxygen atoms in total. The lowest BCUT2D eigenvalue weighted by Gasteiger charge is -2.40. The van der Waals surface area contributed by atoms with Gasteiger partial charge in [-0.1, -0.05) is 32.9 Å². The first-order valence-corrected chi connectivity index (χ1v) is 5.96. The molecule has 1 fully saturated rings. The number of rotatable bonds is 3. The lowest BCUT2D eigenvalue weighted by molar-refractivity contribution is 0.291. The molecule has 0 radical (unpaired) electrons. The lowest BCUT2D eigenvalue weighted by Crippen LogP contribution is -2.54. The maximum Gasteiger partial charge on any atom is 0.122 e. The molecule has 16 heavy (non-hydrogen) atoms. The molecule has 1 aliphatic rings. The molecule has 0 bridgehead atoms. The largest absolute Gasteiger partial charge is 0.496 e. The van der Waals surface area contributed by atoms with Crippen molar-refractivity contribution >= 4 is 0 Å². The van der Waals surface area contributed by atoms with Gasteiger partial charge in [0, 0.05) is 24.1 Å². The average molecular weight is 219 g/mol. The average Bonchev–Trinajstić information content (AvgIpc) is 2.25. The van der Waals surface area contributed by atoms with Gasteiger partial charge in [-0.15, -0.1) is 0 Å². The van der Waals surface area contributed by atoms with E-state index in [2.05, 4.69) is 44.3 Å². The standard InChI is InChI=1S/C14H21NO/c1-10(2)11-5-6-13(16-4)12(7-11)14(3)8-15-9-14/h5-7,10,15H,8-9H2,1-4H3. The highest BCUT2D eigenvalue weighted by Crippen LogP contribution is 2.36. The molecule has 0 spiro atoms. The molecule has 2 rings (SSSR count). The highest BCUT2D eigenvalue weighted by Gasteiger charge is 2.36. The Morgan fingerprint density at radius 3 is 2.44 bits per heavy atom. The topological polar surface area (TPSA) is 21.3 Å². The predicted molar refractivity (Wildman–Crippen MR) is 67.3 cm³/mol. The van der Waals surface area contributed by atoms with Crippen molar-refractivity contribution in [3.63, 3.8) is 0 Å². The summed E-state index contributed by atoms with van der Waals surface area (Å²) in [6.07, 6.45) is 0. The van der Waals surface area contributed by atoms with Gasteiger partial charge in [0.05, 0.1) is 7.11 Å². The predicted octanol–water partition coefficient (Wildman–Crippen LogP) is 2.68. The summed E-state index contributed by atoms with van der Waals surface area (Å²) >= 11 is 0. The first kappa shape index (κ1) is 11.5. The summed E-state index contributed by atoms with van der Waals surface area (Å²) in [5, 5.41) is 3.34. The van der Waals surface area contributed by atoms with Crippen LogP contribution in [0.1, 0.15) is 37.8 Å². The van der Waals surface area contributed by atoms with Gasteiger partial charge in [0.1, 0.15) is 5.75 Å². The molecule has 1 aromatic rings. The van der Waals surface area contributed by atoms with Gasteiger partial charge in [-0.25, -0.2) is 0 Å². The Morgan fingerprint density at radius 1 is 1.31 bits per heavy atom. The molecule has 2 heteroatoms. The first-order chi connectivity index (χ1) is 7.57. The minimum atomic E-state index is 0.246. The van der Waals surface area contributed by atoms with Crippen LogP contribution in [0, 0.1) is 0 Å². The highest BCUT2D eigenvalue weighted by atomic mass is 16.5. The summed E-state index contributed by atoms with van der Waals surface area (Å²) in [6.45, 7) is 8.85. The molecule has 0 atom stereocenters. The Hall–Kier alpha value is -1.02. The molecule has 0 amide bonds. The molecule has 1 aliphatic heterocycles. The zero-order valence-corrected chi connectivity index (χ0v) is 10.6. The second kappa shape index (κ2) is 4.10. The van der Waals surface area contributed by atoms with Crippen molar-refractivity contribution in [2.75, 3.05) is 20.2 Å². The van der Waals surface area contributed by atoms with Crippen LogP contribution in [0.4, 0.5) is 0 Å². The number of methoxy groups -OCH3 is 1. The van der Waals surface area contributed by atoms with Gasteiger partial charge in [-0.2, -0.15) is 0 Å². The molecule has 0 unspecified atom stereocenters. The maximum atomic E-state index is 5.47. The first-order valence-electron chi connectivity index (χ1n) is 5.96. The van der Waals surface area contributed by atoms with Crippen molar-refractivity contribution in [2.45, 2.75) is 32.1 Å². The third-order valence-electron chi connectivity index (χ3n) is 3.57. The van der Waals surface area contributed by atoms with Gasteiger partial charge >= 0.3 is 0 Å². The number of hydrogen-bond acceptors (Lipinski definition) is 2. The number of nitrogens with one attached hydrogen (secondary N) is 1. The zero-order valence-electron chi connectivity index (χ0n) is 10.6. The molecular formula is C14H21NO. The smallest absolute Gasteiger partial charge is 0.122 e. The summed E-state index contributed by atoms with van der Waals surface area (Å²) in [5.41, 5.74) is 2.99. The van der Waals surface area contributed by atoms with Crippen molar-refractivity contribution in [1.82, 2.24) is 5.32 Å². The second-order valence-electron chi connectivity index (χ2n) is 5.28. The summed E-state index contributed by atoms with van der Waals surface area (Å²) in [7, 11) is 1.75. The van der Waals surface area contributed by atoms with Crippen LogP contribution in [-0.2, 0) is 5.41 Å². The molecule has 0 aliphatic carbocycles. The second-order valence-corrected chi connectivity index (χ2v) is 5.28. The summed E-state index contributed by atoms with van der Waals surface area (Å²) in [4.78, 5) is 0. The minimum Gasteiger partial charge on any atom is -0.496 e. The summed E-state index contributed by atoms with van der Waals surface area (Å²) in [6, 6.07) is 6.58. The van der Waals surface area contributed by atoms with Crippen molar-refractivity contribution in [2.24, 2.45) is 0 Å². The van der Waals surface area contributed by atoms with Crippen molar-refractivity contribution in [1.29, 1.82) is 0 Å². The SMILES string of the molecule is COc1ccc(C(C)C)cc1C1(C)CNC1. The van der Waals surface area contributed by atoms with Crippen LogP contribution in [0.5, 0.6) is 5.75 Å². The van der Waals surface area contributed by atoms with Crippen LogP contribution in [0.2, 0.25) is 0 Å². The summed E-state index contributed by atoms with van der Waals surface area (Å²) < 4.78 is 5.47. The Balaban J connectivity index is 2.43. The van der Waals surface area contributed by atoms with Gasteiger partial charge in [0.2, 0.25) is 0 Å². The van der Waals surface area contributed by atoms with E-state index < -0.39 is 0 Å².